The molecule has 1 saturated heterocycles. The molecule has 1 aromatic rings. The highest BCUT2D eigenvalue weighted by molar-refractivity contribution is 5.76. The Bertz CT molecular complexity index is 401. The first-order valence-electron chi connectivity index (χ1n) is 7.62. The van der Waals surface area contributed by atoms with Crippen molar-refractivity contribution in [3.05, 3.63) is 30.1 Å². The molecule has 2 heterocycles. The van der Waals surface area contributed by atoms with Crippen molar-refractivity contribution in [2.24, 2.45) is 11.8 Å². The average molecular weight is 275 g/mol. The maximum absolute atomic E-state index is 11.9. The highest BCUT2D eigenvalue weighted by Crippen LogP contribution is 2.23. The van der Waals surface area contributed by atoms with Gasteiger partial charge in [-0.1, -0.05) is 13.0 Å². The van der Waals surface area contributed by atoms with Gasteiger partial charge >= 0.3 is 0 Å². The molecule has 0 aromatic carbocycles. The summed E-state index contributed by atoms with van der Waals surface area (Å²) in [5.74, 6) is 1.36. The standard InChI is InChI=1S/C16H25N3O/c1-13(15-5-8-17-9-6-15)11-16(20)19-10-4-14-3-2-7-18-12-14/h2-3,7,12-13,15,17H,4-6,8-11H2,1H3,(H,19,20). The minimum absolute atomic E-state index is 0.180. The Hall–Kier alpha value is -1.42. The van der Waals surface area contributed by atoms with E-state index < -0.39 is 0 Å². The van der Waals surface area contributed by atoms with Gasteiger partial charge in [-0.25, -0.2) is 0 Å². The number of rotatable bonds is 6. The number of nitrogens with zero attached hydrogens (tertiary/aromatic N) is 1. The summed E-state index contributed by atoms with van der Waals surface area (Å²) in [6.45, 7) is 5.09. The van der Waals surface area contributed by atoms with E-state index >= 15 is 0 Å². The van der Waals surface area contributed by atoms with Gasteiger partial charge in [-0.15, -0.1) is 0 Å². The van der Waals surface area contributed by atoms with Gasteiger partial charge in [0, 0.05) is 25.4 Å². The Labute approximate surface area is 121 Å². The van der Waals surface area contributed by atoms with Crippen LogP contribution in [0.15, 0.2) is 24.5 Å². The molecule has 1 aliphatic rings. The van der Waals surface area contributed by atoms with Crippen LogP contribution in [0.2, 0.25) is 0 Å². The van der Waals surface area contributed by atoms with Gasteiger partial charge in [0.15, 0.2) is 0 Å². The molecule has 0 spiro atoms. The van der Waals surface area contributed by atoms with E-state index in [2.05, 4.69) is 22.5 Å². The molecular formula is C16H25N3O. The van der Waals surface area contributed by atoms with E-state index in [4.69, 9.17) is 0 Å². The summed E-state index contributed by atoms with van der Waals surface area (Å²) in [6, 6.07) is 3.97. The van der Waals surface area contributed by atoms with E-state index in [9.17, 15) is 4.79 Å². The van der Waals surface area contributed by atoms with Gasteiger partial charge in [0.1, 0.15) is 0 Å². The smallest absolute Gasteiger partial charge is 0.220 e. The quantitative estimate of drug-likeness (QED) is 0.832. The van der Waals surface area contributed by atoms with Crippen molar-refractivity contribution in [2.75, 3.05) is 19.6 Å². The van der Waals surface area contributed by atoms with Crippen LogP contribution in [0.25, 0.3) is 0 Å². The summed E-state index contributed by atoms with van der Waals surface area (Å²) in [5.41, 5.74) is 1.17. The van der Waals surface area contributed by atoms with Gasteiger partial charge in [-0.2, -0.15) is 0 Å². The molecule has 1 unspecified atom stereocenters. The Morgan fingerprint density at radius 3 is 3.00 bits per heavy atom. The zero-order valence-electron chi connectivity index (χ0n) is 12.3. The number of aromatic nitrogens is 1. The average Bonchev–Trinajstić information content (AvgIpc) is 2.49. The van der Waals surface area contributed by atoms with Crippen LogP contribution >= 0.6 is 0 Å². The Morgan fingerprint density at radius 1 is 1.50 bits per heavy atom. The molecular weight excluding hydrogens is 250 g/mol. The molecule has 1 atom stereocenters. The lowest BCUT2D eigenvalue weighted by atomic mass is 9.84. The molecule has 2 N–H and O–H groups in total. The molecule has 0 aliphatic carbocycles. The van der Waals surface area contributed by atoms with Crippen molar-refractivity contribution in [1.29, 1.82) is 0 Å². The van der Waals surface area contributed by atoms with E-state index in [-0.39, 0.29) is 5.91 Å². The lowest BCUT2D eigenvalue weighted by molar-refractivity contribution is -0.122. The molecule has 1 aliphatic heterocycles. The maximum atomic E-state index is 11.9. The fourth-order valence-electron chi connectivity index (χ4n) is 2.84. The van der Waals surface area contributed by atoms with Crippen molar-refractivity contribution >= 4 is 5.91 Å². The summed E-state index contributed by atoms with van der Waals surface area (Å²) >= 11 is 0. The molecule has 0 saturated carbocycles. The molecule has 2 rings (SSSR count). The van der Waals surface area contributed by atoms with Crippen LogP contribution in [0.4, 0.5) is 0 Å². The van der Waals surface area contributed by atoms with Crippen molar-refractivity contribution in [3.63, 3.8) is 0 Å². The van der Waals surface area contributed by atoms with E-state index in [0.717, 1.165) is 19.5 Å². The van der Waals surface area contributed by atoms with Crippen LogP contribution in [0.5, 0.6) is 0 Å². The van der Waals surface area contributed by atoms with E-state index in [1.165, 1.54) is 18.4 Å². The second-order valence-electron chi connectivity index (χ2n) is 5.73. The zero-order chi connectivity index (χ0) is 14.2. The first-order chi connectivity index (χ1) is 9.75. The van der Waals surface area contributed by atoms with Crippen molar-refractivity contribution in [3.8, 4) is 0 Å². The molecule has 0 radical (unpaired) electrons. The van der Waals surface area contributed by atoms with Gasteiger partial charge in [0.2, 0.25) is 5.91 Å². The Kier molecular flexibility index (Phi) is 5.99. The number of carbonyl (C=O) groups excluding carboxylic acids is 1. The van der Waals surface area contributed by atoms with Gasteiger partial charge < -0.3 is 10.6 Å². The fraction of sp³-hybridized carbons (Fsp3) is 0.625. The SMILES string of the molecule is CC(CC(=O)NCCc1cccnc1)C1CCNCC1. The molecule has 4 heteroatoms. The van der Waals surface area contributed by atoms with E-state index in [0.29, 0.717) is 24.8 Å². The molecule has 4 nitrogen and oxygen atoms in total. The van der Waals surface area contributed by atoms with Gasteiger partial charge in [-0.3, -0.25) is 9.78 Å². The highest BCUT2D eigenvalue weighted by Gasteiger charge is 2.21. The van der Waals surface area contributed by atoms with Crippen LogP contribution < -0.4 is 10.6 Å². The maximum Gasteiger partial charge on any atom is 0.220 e. The Balaban J connectivity index is 1.64. The largest absolute Gasteiger partial charge is 0.356 e. The zero-order valence-corrected chi connectivity index (χ0v) is 12.3. The number of piperidine rings is 1. The number of hydrogen-bond acceptors (Lipinski definition) is 3. The number of hydrogen-bond donors (Lipinski definition) is 2. The Morgan fingerprint density at radius 2 is 2.30 bits per heavy atom. The highest BCUT2D eigenvalue weighted by atomic mass is 16.1. The van der Waals surface area contributed by atoms with Gasteiger partial charge in [0.05, 0.1) is 0 Å². The predicted octanol–water partition coefficient (Wildman–Crippen LogP) is 1.77. The van der Waals surface area contributed by atoms with Crippen LogP contribution in [0.1, 0.15) is 31.7 Å². The second kappa shape index (κ2) is 8.00. The molecule has 110 valence electrons. The molecule has 1 amide bonds. The summed E-state index contributed by atoms with van der Waals surface area (Å²) in [6.07, 6.45) is 7.51. The third kappa shape index (κ3) is 4.93. The summed E-state index contributed by atoms with van der Waals surface area (Å²) in [4.78, 5) is 16.0. The van der Waals surface area contributed by atoms with Gasteiger partial charge in [-0.05, 0) is 55.8 Å². The predicted molar refractivity (Wildman–Crippen MR) is 80.3 cm³/mol. The van der Waals surface area contributed by atoms with Crippen LogP contribution in [0, 0.1) is 11.8 Å². The van der Waals surface area contributed by atoms with Gasteiger partial charge in [0.25, 0.3) is 0 Å². The lowest BCUT2D eigenvalue weighted by Crippen LogP contribution is -2.34. The molecule has 1 aromatic heterocycles. The number of pyridine rings is 1. The third-order valence-electron chi connectivity index (χ3n) is 4.15. The lowest BCUT2D eigenvalue weighted by Gasteiger charge is -2.27. The first kappa shape index (κ1) is 15.0. The summed E-state index contributed by atoms with van der Waals surface area (Å²) in [7, 11) is 0. The van der Waals surface area contributed by atoms with Crippen LogP contribution in [-0.2, 0) is 11.2 Å². The number of carbonyl (C=O) groups is 1. The third-order valence-corrected chi connectivity index (χ3v) is 4.15. The minimum Gasteiger partial charge on any atom is -0.356 e. The number of nitrogens with one attached hydrogen (secondary N) is 2. The van der Waals surface area contributed by atoms with Crippen LogP contribution in [-0.4, -0.2) is 30.5 Å². The molecule has 0 bridgehead atoms. The monoisotopic (exact) mass is 275 g/mol. The summed E-state index contributed by atoms with van der Waals surface area (Å²) < 4.78 is 0. The normalized spacial score (nSPS) is 17.6. The molecule has 1 fully saturated rings. The molecule has 20 heavy (non-hydrogen) atoms. The summed E-state index contributed by atoms with van der Waals surface area (Å²) in [5, 5.41) is 6.39. The van der Waals surface area contributed by atoms with Crippen LogP contribution in [0.3, 0.4) is 0 Å². The van der Waals surface area contributed by atoms with Crippen molar-refractivity contribution in [2.45, 2.75) is 32.6 Å². The van der Waals surface area contributed by atoms with E-state index in [1.54, 1.807) is 6.20 Å². The van der Waals surface area contributed by atoms with E-state index in [1.807, 2.05) is 18.3 Å². The van der Waals surface area contributed by atoms with Crippen molar-refractivity contribution < 1.29 is 4.79 Å². The first-order valence-corrected chi connectivity index (χ1v) is 7.62. The second-order valence-corrected chi connectivity index (χ2v) is 5.73. The number of amides is 1. The van der Waals surface area contributed by atoms with Crippen molar-refractivity contribution in [1.82, 2.24) is 15.6 Å². The topological polar surface area (TPSA) is 54.0 Å². The minimum atomic E-state index is 0.180. The fourth-order valence-corrected chi connectivity index (χ4v) is 2.84.